The van der Waals surface area contributed by atoms with E-state index < -0.39 is 5.92 Å². The van der Waals surface area contributed by atoms with Gasteiger partial charge in [-0.1, -0.05) is 49.6 Å². The Morgan fingerprint density at radius 1 is 1.25 bits per heavy atom. The topological polar surface area (TPSA) is 69.9 Å². The molecule has 6 heteroatoms. The first kappa shape index (κ1) is 16.6. The number of benzene rings is 1. The van der Waals surface area contributed by atoms with Crippen LogP contribution in [0.3, 0.4) is 0 Å². The summed E-state index contributed by atoms with van der Waals surface area (Å²) in [6, 6.07) is 9.98. The molecule has 1 unspecified atom stereocenters. The maximum atomic E-state index is 12.5. The fourth-order valence-corrected chi connectivity index (χ4v) is 3.40. The zero-order valence-corrected chi connectivity index (χ0v) is 14.1. The van der Waals surface area contributed by atoms with Gasteiger partial charge in [0, 0.05) is 0 Å². The van der Waals surface area contributed by atoms with E-state index in [0.717, 1.165) is 31.2 Å². The van der Waals surface area contributed by atoms with E-state index in [1.54, 1.807) is 4.80 Å². The number of hydrogen-bond acceptors (Lipinski definition) is 5. The number of carbonyl (C=O) groups is 1. The van der Waals surface area contributed by atoms with Gasteiger partial charge in [-0.3, -0.25) is 4.79 Å². The zero-order valence-electron chi connectivity index (χ0n) is 14.1. The van der Waals surface area contributed by atoms with Crippen LogP contribution in [0.25, 0.3) is 0 Å². The number of tetrazole rings is 1. The standard InChI is InChI=1S/C18H24N4O2/c1-2-24-18(23)16(15-11-7-4-8-12-15)17-19-21-22(20-17)13-14-9-5-3-6-10-14/h3,5-6,9-10,15-16H,2,4,7-8,11-13H2,1H3. The average molecular weight is 328 g/mol. The molecule has 0 amide bonds. The van der Waals surface area contributed by atoms with E-state index in [2.05, 4.69) is 15.4 Å². The van der Waals surface area contributed by atoms with Gasteiger partial charge in [-0.15, -0.1) is 10.2 Å². The van der Waals surface area contributed by atoms with Crippen LogP contribution in [0.1, 0.15) is 56.3 Å². The third kappa shape index (κ3) is 3.99. The second kappa shape index (κ2) is 8.04. The summed E-state index contributed by atoms with van der Waals surface area (Å²) in [4.78, 5) is 14.0. The van der Waals surface area contributed by atoms with Crippen LogP contribution in [0.2, 0.25) is 0 Å². The summed E-state index contributed by atoms with van der Waals surface area (Å²) in [7, 11) is 0. The van der Waals surface area contributed by atoms with Gasteiger partial charge >= 0.3 is 5.97 Å². The molecule has 0 aliphatic heterocycles. The maximum absolute atomic E-state index is 12.5. The predicted molar refractivity (Wildman–Crippen MR) is 89.3 cm³/mol. The second-order valence-corrected chi connectivity index (χ2v) is 6.29. The Kier molecular flexibility index (Phi) is 5.56. The number of aromatic nitrogens is 4. The fourth-order valence-electron chi connectivity index (χ4n) is 3.40. The molecule has 1 heterocycles. The highest BCUT2D eigenvalue weighted by atomic mass is 16.5. The number of rotatable bonds is 6. The largest absolute Gasteiger partial charge is 0.465 e. The minimum atomic E-state index is -0.394. The molecule has 2 aromatic rings. The van der Waals surface area contributed by atoms with Crippen molar-refractivity contribution < 1.29 is 9.53 Å². The average Bonchev–Trinajstić information content (AvgIpc) is 3.05. The van der Waals surface area contributed by atoms with Crippen molar-refractivity contribution in [1.29, 1.82) is 0 Å². The third-order valence-corrected chi connectivity index (χ3v) is 4.58. The normalized spacial score (nSPS) is 16.7. The van der Waals surface area contributed by atoms with E-state index in [4.69, 9.17) is 4.74 Å². The highest BCUT2D eigenvalue weighted by Gasteiger charge is 2.35. The Morgan fingerprint density at radius 2 is 2.00 bits per heavy atom. The van der Waals surface area contributed by atoms with Crippen molar-refractivity contribution >= 4 is 5.97 Å². The first-order valence-electron chi connectivity index (χ1n) is 8.76. The monoisotopic (exact) mass is 328 g/mol. The summed E-state index contributed by atoms with van der Waals surface area (Å²) < 4.78 is 5.28. The van der Waals surface area contributed by atoms with Gasteiger partial charge in [-0.2, -0.15) is 4.80 Å². The van der Waals surface area contributed by atoms with Crippen LogP contribution < -0.4 is 0 Å². The molecule has 0 saturated heterocycles. The summed E-state index contributed by atoms with van der Waals surface area (Å²) in [5.74, 6) is 0.141. The quantitative estimate of drug-likeness (QED) is 0.763. The van der Waals surface area contributed by atoms with Gasteiger partial charge in [0.05, 0.1) is 13.2 Å². The van der Waals surface area contributed by atoms with Crippen LogP contribution >= 0.6 is 0 Å². The Labute approximate surface area is 142 Å². The Morgan fingerprint density at radius 3 is 2.71 bits per heavy atom. The molecule has 1 atom stereocenters. The van der Waals surface area contributed by atoms with Crippen LogP contribution in [-0.4, -0.2) is 32.8 Å². The molecule has 128 valence electrons. The Hall–Kier alpha value is -2.24. The van der Waals surface area contributed by atoms with E-state index in [1.807, 2.05) is 37.3 Å². The lowest BCUT2D eigenvalue weighted by Crippen LogP contribution is -2.27. The summed E-state index contributed by atoms with van der Waals surface area (Å²) in [6.45, 7) is 2.75. The molecule has 1 aromatic carbocycles. The van der Waals surface area contributed by atoms with Gasteiger partial charge < -0.3 is 4.74 Å². The molecule has 0 N–H and O–H groups in total. The van der Waals surface area contributed by atoms with Crippen molar-refractivity contribution in [2.75, 3.05) is 6.61 Å². The number of nitrogens with zero attached hydrogens (tertiary/aromatic N) is 4. The number of carbonyl (C=O) groups excluding carboxylic acids is 1. The Bertz CT molecular complexity index is 650. The van der Waals surface area contributed by atoms with Crippen LogP contribution in [0.4, 0.5) is 0 Å². The van der Waals surface area contributed by atoms with Crippen LogP contribution in [-0.2, 0) is 16.1 Å². The summed E-state index contributed by atoms with van der Waals surface area (Å²) in [6.07, 6.45) is 5.59. The van der Waals surface area contributed by atoms with Crippen molar-refractivity contribution in [1.82, 2.24) is 20.2 Å². The molecule has 1 aliphatic rings. The smallest absolute Gasteiger partial charge is 0.317 e. The maximum Gasteiger partial charge on any atom is 0.317 e. The third-order valence-electron chi connectivity index (χ3n) is 4.58. The molecular weight excluding hydrogens is 304 g/mol. The molecule has 0 spiro atoms. The van der Waals surface area contributed by atoms with Gasteiger partial charge in [-0.05, 0) is 36.5 Å². The fraction of sp³-hybridized carbons (Fsp3) is 0.556. The molecule has 1 fully saturated rings. The first-order valence-corrected chi connectivity index (χ1v) is 8.76. The molecule has 0 bridgehead atoms. The zero-order chi connectivity index (χ0) is 16.8. The molecule has 24 heavy (non-hydrogen) atoms. The van der Waals surface area contributed by atoms with E-state index in [9.17, 15) is 4.79 Å². The van der Waals surface area contributed by atoms with E-state index in [1.165, 1.54) is 6.42 Å². The first-order chi connectivity index (χ1) is 11.8. The van der Waals surface area contributed by atoms with Crippen LogP contribution in [0.15, 0.2) is 30.3 Å². The Balaban J connectivity index is 1.78. The summed E-state index contributed by atoms with van der Waals surface area (Å²) in [5, 5.41) is 12.8. The molecule has 0 radical (unpaired) electrons. The number of esters is 1. The van der Waals surface area contributed by atoms with Crippen molar-refractivity contribution in [2.45, 2.75) is 51.5 Å². The van der Waals surface area contributed by atoms with E-state index in [0.29, 0.717) is 19.0 Å². The lowest BCUT2D eigenvalue weighted by molar-refractivity contribution is -0.147. The number of hydrogen-bond donors (Lipinski definition) is 0. The minimum absolute atomic E-state index is 0.219. The van der Waals surface area contributed by atoms with E-state index >= 15 is 0 Å². The molecular formula is C18H24N4O2. The van der Waals surface area contributed by atoms with Crippen molar-refractivity contribution in [3.63, 3.8) is 0 Å². The minimum Gasteiger partial charge on any atom is -0.465 e. The van der Waals surface area contributed by atoms with Gasteiger partial charge in [0.2, 0.25) is 0 Å². The molecule has 1 aliphatic carbocycles. The molecule has 1 aromatic heterocycles. The van der Waals surface area contributed by atoms with Crippen molar-refractivity contribution in [2.24, 2.45) is 5.92 Å². The lowest BCUT2D eigenvalue weighted by atomic mass is 9.79. The molecule has 6 nitrogen and oxygen atoms in total. The SMILES string of the molecule is CCOC(=O)C(c1nnn(Cc2ccccc2)n1)C1CCCCC1. The number of ether oxygens (including phenoxy) is 1. The lowest BCUT2D eigenvalue weighted by Gasteiger charge is -2.26. The predicted octanol–water partition coefficient (Wildman–Crippen LogP) is 2.95. The van der Waals surface area contributed by atoms with Gasteiger partial charge in [-0.25, -0.2) is 0 Å². The highest BCUT2D eigenvalue weighted by Crippen LogP contribution is 2.35. The molecule has 3 rings (SSSR count). The van der Waals surface area contributed by atoms with Gasteiger partial charge in [0.1, 0.15) is 5.92 Å². The van der Waals surface area contributed by atoms with Crippen LogP contribution in [0, 0.1) is 5.92 Å². The van der Waals surface area contributed by atoms with Gasteiger partial charge in [0.25, 0.3) is 0 Å². The molecule has 1 saturated carbocycles. The van der Waals surface area contributed by atoms with Gasteiger partial charge in [0.15, 0.2) is 5.82 Å². The summed E-state index contributed by atoms with van der Waals surface area (Å²) in [5.41, 5.74) is 1.10. The van der Waals surface area contributed by atoms with E-state index in [-0.39, 0.29) is 11.9 Å². The second-order valence-electron chi connectivity index (χ2n) is 6.29. The summed E-state index contributed by atoms with van der Waals surface area (Å²) >= 11 is 0. The van der Waals surface area contributed by atoms with Crippen molar-refractivity contribution in [3.05, 3.63) is 41.7 Å². The van der Waals surface area contributed by atoms with Crippen LogP contribution in [0.5, 0.6) is 0 Å². The highest BCUT2D eigenvalue weighted by molar-refractivity contribution is 5.77. The van der Waals surface area contributed by atoms with Crippen molar-refractivity contribution in [3.8, 4) is 0 Å².